The Hall–Kier alpha value is -1.93. The van der Waals surface area contributed by atoms with Crippen LogP contribution in [-0.4, -0.2) is 17.2 Å². The molecule has 2 aromatic rings. The van der Waals surface area contributed by atoms with Crippen LogP contribution in [0.15, 0.2) is 48.5 Å². The second-order valence-corrected chi connectivity index (χ2v) is 7.57. The number of piperidine rings is 1. The number of rotatable bonds is 5. The van der Waals surface area contributed by atoms with Gasteiger partial charge < -0.3 is 0 Å². The van der Waals surface area contributed by atoms with Crippen LogP contribution in [0.4, 0.5) is 0 Å². The van der Waals surface area contributed by atoms with Crippen molar-refractivity contribution in [2.75, 3.05) is 6.54 Å². The number of carbonyl (C=O) groups excluding carboxylic acids is 1. The molecule has 2 nitrogen and oxygen atoms in total. The highest BCUT2D eigenvalue weighted by atomic mass is 16.1. The lowest BCUT2D eigenvalue weighted by molar-refractivity contribution is 0.0934. The molecule has 1 fully saturated rings. The van der Waals surface area contributed by atoms with E-state index >= 15 is 0 Å². The van der Waals surface area contributed by atoms with E-state index in [4.69, 9.17) is 0 Å². The van der Waals surface area contributed by atoms with E-state index in [0.29, 0.717) is 6.04 Å². The molecule has 0 N–H and O–H groups in total. The summed E-state index contributed by atoms with van der Waals surface area (Å²) in [6.45, 7) is 8.05. The molecule has 0 aliphatic carbocycles. The van der Waals surface area contributed by atoms with Gasteiger partial charge in [0.15, 0.2) is 5.78 Å². The first kappa shape index (κ1) is 17.9. The van der Waals surface area contributed by atoms with Gasteiger partial charge in [-0.3, -0.25) is 9.69 Å². The van der Waals surface area contributed by atoms with Crippen molar-refractivity contribution in [1.82, 2.24) is 4.90 Å². The van der Waals surface area contributed by atoms with Crippen LogP contribution in [0.2, 0.25) is 0 Å². The van der Waals surface area contributed by atoms with Crippen molar-refractivity contribution in [1.29, 1.82) is 0 Å². The van der Waals surface area contributed by atoms with E-state index in [-0.39, 0.29) is 11.7 Å². The third-order valence-corrected chi connectivity index (χ3v) is 5.26. The molecule has 1 heterocycles. The summed E-state index contributed by atoms with van der Waals surface area (Å²) in [6.07, 6.45) is 3.72. The summed E-state index contributed by atoms with van der Waals surface area (Å²) in [5.41, 5.74) is 4.77. The summed E-state index contributed by atoms with van der Waals surface area (Å²) < 4.78 is 0. The molecule has 0 amide bonds. The third kappa shape index (κ3) is 4.19. The Morgan fingerprint density at radius 1 is 1.08 bits per heavy atom. The lowest BCUT2D eigenvalue weighted by Crippen LogP contribution is -2.33. The number of hydrogen-bond donors (Lipinski definition) is 0. The van der Waals surface area contributed by atoms with Crippen LogP contribution in [0.5, 0.6) is 0 Å². The predicted molar refractivity (Wildman–Crippen MR) is 104 cm³/mol. The summed E-state index contributed by atoms with van der Waals surface area (Å²) in [4.78, 5) is 15.1. The van der Waals surface area contributed by atoms with Crippen molar-refractivity contribution in [2.24, 2.45) is 5.92 Å². The number of likely N-dealkylation sites (tertiary alicyclic amines) is 1. The minimum atomic E-state index is 0.0374. The molecule has 2 aromatic carbocycles. The van der Waals surface area contributed by atoms with Gasteiger partial charge in [-0.15, -0.1) is 0 Å². The zero-order valence-corrected chi connectivity index (χ0v) is 15.7. The molecule has 3 rings (SSSR count). The van der Waals surface area contributed by atoms with E-state index in [1.54, 1.807) is 0 Å². The second-order valence-electron chi connectivity index (χ2n) is 7.57. The van der Waals surface area contributed by atoms with Gasteiger partial charge in [0, 0.05) is 24.1 Å². The normalized spacial score (nSPS) is 18.5. The molecular weight excluding hydrogens is 306 g/mol. The van der Waals surface area contributed by atoms with Crippen molar-refractivity contribution in [3.8, 4) is 0 Å². The maximum atomic E-state index is 12.6. The van der Waals surface area contributed by atoms with E-state index in [1.807, 2.05) is 26.0 Å². The van der Waals surface area contributed by atoms with Crippen LogP contribution < -0.4 is 0 Å². The van der Waals surface area contributed by atoms with E-state index in [1.165, 1.54) is 36.0 Å². The number of carbonyl (C=O) groups is 1. The van der Waals surface area contributed by atoms with Gasteiger partial charge in [0.2, 0.25) is 0 Å². The van der Waals surface area contributed by atoms with Crippen molar-refractivity contribution >= 4 is 5.78 Å². The molecule has 2 heteroatoms. The summed E-state index contributed by atoms with van der Waals surface area (Å²) in [6, 6.07) is 17.5. The minimum Gasteiger partial charge on any atom is -0.294 e. The maximum absolute atomic E-state index is 12.6. The number of ketones is 1. The first-order chi connectivity index (χ1) is 12.1. The monoisotopic (exact) mass is 335 g/mol. The largest absolute Gasteiger partial charge is 0.294 e. The fourth-order valence-electron chi connectivity index (χ4n) is 3.77. The standard InChI is InChI=1S/C23H29NO/c1-17(2)23(25)21-9-5-4-8-20(21)16-24-15-7-6-10-22(24)19-13-11-18(3)12-14-19/h4-5,8-9,11-14,17,22H,6-7,10,15-16H2,1-3H3. The first-order valence-electron chi connectivity index (χ1n) is 9.49. The Kier molecular flexibility index (Phi) is 5.70. The summed E-state index contributed by atoms with van der Waals surface area (Å²) >= 11 is 0. The molecule has 132 valence electrons. The second kappa shape index (κ2) is 7.97. The predicted octanol–water partition coefficient (Wildman–Crippen LogP) is 5.56. The Morgan fingerprint density at radius 3 is 2.52 bits per heavy atom. The molecule has 0 spiro atoms. The molecule has 25 heavy (non-hydrogen) atoms. The van der Waals surface area contributed by atoms with E-state index in [9.17, 15) is 4.79 Å². The average molecular weight is 335 g/mol. The third-order valence-electron chi connectivity index (χ3n) is 5.26. The highest BCUT2D eigenvalue weighted by Gasteiger charge is 2.25. The highest BCUT2D eigenvalue weighted by molar-refractivity contribution is 5.98. The van der Waals surface area contributed by atoms with E-state index < -0.39 is 0 Å². The van der Waals surface area contributed by atoms with Gasteiger partial charge >= 0.3 is 0 Å². The number of hydrogen-bond acceptors (Lipinski definition) is 2. The average Bonchev–Trinajstić information content (AvgIpc) is 2.63. The molecule has 1 atom stereocenters. The summed E-state index contributed by atoms with van der Waals surface area (Å²) in [5, 5.41) is 0. The van der Waals surface area contributed by atoms with Gasteiger partial charge in [-0.1, -0.05) is 74.4 Å². The van der Waals surface area contributed by atoms with Crippen molar-refractivity contribution in [3.05, 3.63) is 70.8 Å². The fraction of sp³-hybridized carbons (Fsp3) is 0.435. The molecule has 0 bridgehead atoms. The lowest BCUT2D eigenvalue weighted by atomic mass is 9.92. The van der Waals surface area contributed by atoms with Gasteiger partial charge in [0.05, 0.1) is 0 Å². The van der Waals surface area contributed by atoms with Crippen LogP contribution in [0.1, 0.15) is 66.2 Å². The molecule has 1 saturated heterocycles. The number of Topliss-reactive ketones (excluding diaryl/α,β-unsaturated/α-hetero) is 1. The van der Waals surface area contributed by atoms with E-state index in [0.717, 1.165) is 18.7 Å². The Morgan fingerprint density at radius 2 is 1.80 bits per heavy atom. The zero-order chi connectivity index (χ0) is 17.8. The van der Waals surface area contributed by atoms with Crippen LogP contribution in [0, 0.1) is 12.8 Å². The molecular formula is C23H29NO. The van der Waals surface area contributed by atoms with Gasteiger partial charge in [-0.25, -0.2) is 0 Å². The van der Waals surface area contributed by atoms with Crippen LogP contribution in [-0.2, 0) is 6.54 Å². The molecule has 0 saturated carbocycles. The molecule has 1 aliphatic rings. The minimum absolute atomic E-state index is 0.0374. The van der Waals surface area contributed by atoms with Gasteiger partial charge in [0.1, 0.15) is 0 Å². The van der Waals surface area contributed by atoms with Crippen LogP contribution in [0.3, 0.4) is 0 Å². The first-order valence-corrected chi connectivity index (χ1v) is 9.49. The van der Waals surface area contributed by atoms with Gasteiger partial charge in [-0.05, 0) is 37.4 Å². The molecule has 1 unspecified atom stereocenters. The molecule has 0 radical (unpaired) electrons. The molecule has 0 aromatic heterocycles. The van der Waals surface area contributed by atoms with Crippen LogP contribution in [0.25, 0.3) is 0 Å². The fourth-order valence-corrected chi connectivity index (χ4v) is 3.77. The van der Waals surface area contributed by atoms with E-state index in [2.05, 4.69) is 48.2 Å². The number of benzene rings is 2. The molecule has 1 aliphatic heterocycles. The maximum Gasteiger partial charge on any atom is 0.165 e. The SMILES string of the molecule is Cc1ccc(C2CCCCN2Cc2ccccc2C(=O)C(C)C)cc1. The Balaban J connectivity index is 1.85. The Bertz CT molecular complexity index is 717. The zero-order valence-electron chi connectivity index (χ0n) is 15.7. The quantitative estimate of drug-likeness (QED) is 0.667. The lowest BCUT2D eigenvalue weighted by Gasteiger charge is -2.36. The number of nitrogens with zero attached hydrogens (tertiary/aromatic N) is 1. The van der Waals surface area contributed by atoms with Crippen LogP contribution >= 0.6 is 0 Å². The smallest absolute Gasteiger partial charge is 0.165 e. The van der Waals surface area contributed by atoms with Crippen molar-refractivity contribution < 1.29 is 4.79 Å². The number of aryl methyl sites for hydroxylation is 1. The van der Waals surface area contributed by atoms with Crippen molar-refractivity contribution in [3.63, 3.8) is 0 Å². The summed E-state index contributed by atoms with van der Waals surface area (Å²) in [5.74, 6) is 0.287. The summed E-state index contributed by atoms with van der Waals surface area (Å²) in [7, 11) is 0. The van der Waals surface area contributed by atoms with Crippen molar-refractivity contribution in [2.45, 2.75) is 52.6 Å². The Labute approximate surface area is 151 Å². The van der Waals surface area contributed by atoms with Gasteiger partial charge in [-0.2, -0.15) is 0 Å². The highest BCUT2D eigenvalue weighted by Crippen LogP contribution is 2.33. The topological polar surface area (TPSA) is 20.3 Å². The van der Waals surface area contributed by atoms with Gasteiger partial charge in [0.25, 0.3) is 0 Å².